The van der Waals surface area contributed by atoms with E-state index in [1.54, 1.807) is 0 Å². The minimum atomic E-state index is -0.819. The van der Waals surface area contributed by atoms with Gasteiger partial charge in [-0.3, -0.25) is 4.79 Å². The topological polar surface area (TPSA) is 96.2 Å². The van der Waals surface area contributed by atoms with Crippen molar-refractivity contribution >= 4 is 11.9 Å². The van der Waals surface area contributed by atoms with E-state index in [4.69, 9.17) is 5.73 Å². The van der Waals surface area contributed by atoms with Crippen LogP contribution in [-0.4, -0.2) is 30.6 Å². The van der Waals surface area contributed by atoms with E-state index < -0.39 is 5.54 Å². The van der Waals surface area contributed by atoms with Crippen molar-refractivity contribution in [2.45, 2.75) is 64.0 Å². The fraction of sp³-hybridized carbons (Fsp3) is 0.600. The summed E-state index contributed by atoms with van der Waals surface area (Å²) < 4.78 is 0. The zero-order valence-electron chi connectivity index (χ0n) is 16.1. The van der Waals surface area contributed by atoms with E-state index in [0.717, 1.165) is 18.4 Å². The van der Waals surface area contributed by atoms with Gasteiger partial charge in [0.15, 0.2) is 0 Å². The van der Waals surface area contributed by atoms with Gasteiger partial charge >= 0.3 is 6.03 Å². The summed E-state index contributed by atoms with van der Waals surface area (Å²) in [6.07, 6.45) is 3.19. The molecule has 6 heteroatoms. The van der Waals surface area contributed by atoms with Gasteiger partial charge < -0.3 is 21.7 Å². The van der Waals surface area contributed by atoms with E-state index in [9.17, 15) is 9.59 Å². The summed E-state index contributed by atoms with van der Waals surface area (Å²) in [5.41, 5.74) is 7.68. The second-order valence-corrected chi connectivity index (χ2v) is 7.41. The van der Waals surface area contributed by atoms with Gasteiger partial charge in [0, 0.05) is 19.1 Å². The molecule has 6 nitrogen and oxygen atoms in total. The highest BCUT2D eigenvalue weighted by Gasteiger charge is 2.42. The van der Waals surface area contributed by atoms with Crippen LogP contribution in [0.3, 0.4) is 0 Å². The molecule has 1 fully saturated rings. The monoisotopic (exact) mass is 360 g/mol. The van der Waals surface area contributed by atoms with Crippen LogP contribution in [-0.2, 0) is 4.79 Å². The first kappa shape index (κ1) is 20.2. The van der Waals surface area contributed by atoms with Crippen molar-refractivity contribution in [1.82, 2.24) is 16.0 Å². The number of carbonyl (C=O) groups excluding carboxylic acids is 2. The second kappa shape index (κ2) is 9.03. The molecule has 1 saturated carbocycles. The summed E-state index contributed by atoms with van der Waals surface area (Å²) in [6.45, 7) is 7.03. The lowest BCUT2D eigenvalue weighted by Crippen LogP contribution is -2.59. The summed E-state index contributed by atoms with van der Waals surface area (Å²) in [5, 5.41) is 8.52. The third-order valence-electron chi connectivity index (χ3n) is 5.10. The molecule has 1 aromatic carbocycles. The van der Waals surface area contributed by atoms with Crippen molar-refractivity contribution < 1.29 is 9.59 Å². The second-order valence-electron chi connectivity index (χ2n) is 7.41. The van der Waals surface area contributed by atoms with Crippen molar-refractivity contribution in [2.75, 3.05) is 13.1 Å². The van der Waals surface area contributed by atoms with Crippen LogP contribution in [0.1, 0.15) is 69.5 Å². The maximum absolute atomic E-state index is 12.8. The van der Waals surface area contributed by atoms with Gasteiger partial charge in [0.2, 0.25) is 5.91 Å². The molecule has 0 aromatic heterocycles. The van der Waals surface area contributed by atoms with Crippen LogP contribution in [0.25, 0.3) is 0 Å². The highest BCUT2D eigenvalue weighted by Crippen LogP contribution is 2.30. The van der Waals surface area contributed by atoms with E-state index >= 15 is 0 Å². The predicted octanol–water partition coefficient (Wildman–Crippen LogP) is 2.56. The molecule has 0 radical (unpaired) electrons. The number of hydrogen-bond donors (Lipinski definition) is 4. The maximum atomic E-state index is 12.8. The van der Waals surface area contributed by atoms with Crippen LogP contribution in [0.15, 0.2) is 24.3 Å². The summed E-state index contributed by atoms with van der Waals surface area (Å²) in [7, 11) is 0. The summed E-state index contributed by atoms with van der Waals surface area (Å²) >= 11 is 0. The molecule has 1 atom stereocenters. The zero-order chi connectivity index (χ0) is 19.2. The van der Waals surface area contributed by atoms with Crippen LogP contribution >= 0.6 is 0 Å². The highest BCUT2D eigenvalue weighted by molar-refractivity contribution is 5.91. The summed E-state index contributed by atoms with van der Waals surface area (Å²) in [4.78, 5) is 24.7. The van der Waals surface area contributed by atoms with Gasteiger partial charge in [-0.15, -0.1) is 0 Å². The lowest BCUT2D eigenvalue weighted by Gasteiger charge is -2.29. The molecule has 2 rings (SSSR count). The number of amides is 3. The first-order chi connectivity index (χ1) is 12.4. The number of nitrogens with one attached hydrogen (secondary N) is 3. The number of urea groups is 1. The molecule has 0 heterocycles. The molecule has 0 spiro atoms. The van der Waals surface area contributed by atoms with Crippen molar-refractivity contribution in [1.29, 1.82) is 0 Å². The number of hydrogen-bond acceptors (Lipinski definition) is 3. The minimum absolute atomic E-state index is 0.143. The molecule has 0 aliphatic heterocycles. The first-order valence-electron chi connectivity index (χ1n) is 9.57. The molecule has 1 aromatic rings. The standard InChI is InChI=1S/C20H32N4O2/c1-4-22-19(26)24-20(11-5-6-12-20)18(25)23-13-17(21)16-9-7-15(8-10-16)14(2)3/h7-10,14,17H,4-6,11-13,21H2,1-3H3,(H,23,25)(H2,22,24,26). The van der Waals surface area contributed by atoms with Crippen LogP contribution < -0.4 is 21.7 Å². The van der Waals surface area contributed by atoms with Gasteiger partial charge in [-0.25, -0.2) is 4.79 Å². The fourth-order valence-electron chi connectivity index (χ4n) is 3.43. The average Bonchev–Trinajstić information content (AvgIpc) is 3.09. The fourth-order valence-corrected chi connectivity index (χ4v) is 3.43. The molecule has 0 saturated heterocycles. The molecule has 1 aliphatic carbocycles. The van der Waals surface area contributed by atoms with Gasteiger partial charge in [0.05, 0.1) is 0 Å². The molecule has 3 amide bonds. The summed E-state index contributed by atoms with van der Waals surface area (Å²) in [5.74, 6) is 0.332. The Morgan fingerprint density at radius 2 is 1.65 bits per heavy atom. The van der Waals surface area contributed by atoms with E-state index in [2.05, 4.69) is 41.9 Å². The number of rotatable bonds is 7. The third kappa shape index (κ3) is 4.97. The largest absolute Gasteiger partial charge is 0.352 e. The Morgan fingerprint density at radius 3 is 2.19 bits per heavy atom. The highest BCUT2D eigenvalue weighted by atomic mass is 16.2. The van der Waals surface area contributed by atoms with E-state index in [1.807, 2.05) is 19.1 Å². The van der Waals surface area contributed by atoms with E-state index in [-0.39, 0.29) is 18.0 Å². The lowest BCUT2D eigenvalue weighted by molar-refractivity contribution is -0.127. The molecule has 5 N–H and O–H groups in total. The van der Waals surface area contributed by atoms with Crippen molar-refractivity contribution in [3.63, 3.8) is 0 Å². The van der Waals surface area contributed by atoms with E-state index in [0.29, 0.717) is 31.8 Å². The smallest absolute Gasteiger partial charge is 0.315 e. The molecular formula is C20H32N4O2. The van der Waals surface area contributed by atoms with Gasteiger partial charge in [-0.2, -0.15) is 0 Å². The SMILES string of the molecule is CCNC(=O)NC1(C(=O)NCC(N)c2ccc(C(C)C)cc2)CCCC1. The van der Waals surface area contributed by atoms with Gasteiger partial charge in [0.1, 0.15) is 5.54 Å². The Labute approximate surface area is 156 Å². The normalized spacial score (nSPS) is 17.0. The Hall–Kier alpha value is -2.08. The maximum Gasteiger partial charge on any atom is 0.315 e. The van der Waals surface area contributed by atoms with Crippen LogP contribution in [0.5, 0.6) is 0 Å². The molecule has 0 bridgehead atoms. The van der Waals surface area contributed by atoms with Crippen molar-refractivity contribution in [3.8, 4) is 0 Å². The predicted molar refractivity (Wildman–Crippen MR) is 104 cm³/mol. The van der Waals surface area contributed by atoms with Crippen molar-refractivity contribution in [3.05, 3.63) is 35.4 Å². The third-order valence-corrected chi connectivity index (χ3v) is 5.10. The van der Waals surface area contributed by atoms with Crippen molar-refractivity contribution in [2.24, 2.45) is 5.73 Å². The lowest BCUT2D eigenvalue weighted by atomic mass is 9.95. The Balaban J connectivity index is 1.95. The van der Waals surface area contributed by atoms with Gasteiger partial charge in [-0.05, 0) is 36.8 Å². The number of benzene rings is 1. The van der Waals surface area contributed by atoms with Crippen LogP contribution in [0.2, 0.25) is 0 Å². The Kier molecular flexibility index (Phi) is 7.03. The minimum Gasteiger partial charge on any atom is -0.352 e. The van der Waals surface area contributed by atoms with Crippen LogP contribution in [0, 0.1) is 0 Å². The van der Waals surface area contributed by atoms with Gasteiger partial charge in [-0.1, -0.05) is 51.0 Å². The summed E-state index contributed by atoms with van der Waals surface area (Å²) in [6, 6.07) is 7.63. The average molecular weight is 361 g/mol. The zero-order valence-corrected chi connectivity index (χ0v) is 16.1. The Bertz CT molecular complexity index is 607. The molecule has 26 heavy (non-hydrogen) atoms. The quantitative estimate of drug-likeness (QED) is 0.602. The van der Waals surface area contributed by atoms with E-state index in [1.165, 1.54) is 5.56 Å². The molecule has 1 unspecified atom stereocenters. The molecule has 144 valence electrons. The van der Waals surface area contributed by atoms with Crippen LogP contribution in [0.4, 0.5) is 4.79 Å². The molecular weight excluding hydrogens is 328 g/mol. The Morgan fingerprint density at radius 1 is 1.08 bits per heavy atom. The van der Waals surface area contributed by atoms with Gasteiger partial charge in [0.25, 0.3) is 0 Å². The number of nitrogens with two attached hydrogens (primary N) is 1. The first-order valence-corrected chi connectivity index (χ1v) is 9.57. The molecule has 1 aliphatic rings. The number of carbonyl (C=O) groups is 2.